The van der Waals surface area contributed by atoms with Crippen molar-refractivity contribution in [1.29, 1.82) is 0 Å². The van der Waals surface area contributed by atoms with Crippen LogP contribution in [0.5, 0.6) is 5.75 Å². The van der Waals surface area contributed by atoms with Crippen molar-refractivity contribution in [3.63, 3.8) is 0 Å². The van der Waals surface area contributed by atoms with E-state index in [1.807, 2.05) is 6.92 Å². The molecule has 0 spiro atoms. The lowest BCUT2D eigenvalue weighted by Gasteiger charge is -2.26. The van der Waals surface area contributed by atoms with E-state index in [0.717, 1.165) is 0 Å². The minimum atomic E-state index is -0.324. The largest absolute Gasteiger partial charge is 0.490 e. The minimum absolute atomic E-state index is 0.183. The molecule has 2 aromatic rings. The first-order valence-corrected chi connectivity index (χ1v) is 7.54. The number of benzene rings is 1. The van der Waals surface area contributed by atoms with Crippen LogP contribution >= 0.6 is 0 Å². The molecule has 3 rings (SSSR count). The van der Waals surface area contributed by atoms with Gasteiger partial charge in [0.05, 0.1) is 31.7 Å². The molecule has 1 amide bonds. The highest BCUT2D eigenvalue weighted by atomic mass is 19.1. The summed E-state index contributed by atoms with van der Waals surface area (Å²) in [5.41, 5.74) is 0.923. The predicted molar refractivity (Wildman–Crippen MR) is 81.4 cm³/mol. The Hall–Kier alpha value is -2.41. The molecule has 2 heterocycles. The molecule has 1 saturated heterocycles. The third kappa shape index (κ3) is 3.34. The number of nitrogens with zero attached hydrogens (tertiary/aromatic N) is 3. The van der Waals surface area contributed by atoms with E-state index in [2.05, 4.69) is 5.10 Å². The zero-order valence-electron chi connectivity index (χ0n) is 12.9. The molecule has 1 aromatic carbocycles. The van der Waals surface area contributed by atoms with Gasteiger partial charge in [0.25, 0.3) is 5.91 Å². The van der Waals surface area contributed by atoms with Gasteiger partial charge >= 0.3 is 0 Å². The number of halogens is 1. The van der Waals surface area contributed by atoms with E-state index in [1.54, 1.807) is 23.2 Å². The van der Waals surface area contributed by atoms with Gasteiger partial charge < -0.3 is 14.4 Å². The molecule has 0 N–H and O–H groups in total. The SMILES string of the molecule is CCOc1cn(-c2ccc(F)cc2)nc1C(=O)N1CCOCC1. The summed E-state index contributed by atoms with van der Waals surface area (Å²) in [5.74, 6) is -0.0820. The average Bonchev–Trinajstić information content (AvgIpc) is 3.00. The quantitative estimate of drug-likeness (QED) is 0.863. The Kier molecular flexibility index (Phi) is 4.57. The number of aromatic nitrogens is 2. The molecular weight excluding hydrogens is 301 g/mol. The zero-order valence-corrected chi connectivity index (χ0v) is 12.9. The number of amides is 1. The first-order valence-electron chi connectivity index (χ1n) is 7.54. The van der Waals surface area contributed by atoms with Gasteiger partial charge in [-0.1, -0.05) is 0 Å². The van der Waals surface area contributed by atoms with E-state index < -0.39 is 0 Å². The summed E-state index contributed by atoms with van der Waals surface area (Å²) in [6, 6.07) is 5.89. The molecule has 1 aliphatic heterocycles. The molecule has 0 bridgehead atoms. The second-order valence-corrected chi connectivity index (χ2v) is 5.10. The maximum Gasteiger partial charge on any atom is 0.278 e. The minimum Gasteiger partial charge on any atom is -0.490 e. The first-order chi connectivity index (χ1) is 11.2. The summed E-state index contributed by atoms with van der Waals surface area (Å²) in [4.78, 5) is 14.3. The summed E-state index contributed by atoms with van der Waals surface area (Å²) in [7, 11) is 0. The van der Waals surface area contributed by atoms with Gasteiger partial charge in [-0.25, -0.2) is 9.07 Å². The normalized spacial score (nSPS) is 14.8. The number of rotatable bonds is 4. The van der Waals surface area contributed by atoms with Gasteiger partial charge in [-0.05, 0) is 31.2 Å². The monoisotopic (exact) mass is 319 g/mol. The van der Waals surface area contributed by atoms with Crippen molar-refractivity contribution >= 4 is 5.91 Å². The number of hydrogen-bond acceptors (Lipinski definition) is 4. The molecule has 122 valence electrons. The lowest BCUT2D eigenvalue weighted by molar-refractivity contribution is 0.0296. The molecule has 1 aliphatic rings. The average molecular weight is 319 g/mol. The molecule has 0 unspecified atom stereocenters. The van der Waals surface area contributed by atoms with Crippen LogP contribution in [0.3, 0.4) is 0 Å². The van der Waals surface area contributed by atoms with Gasteiger partial charge in [0.15, 0.2) is 11.4 Å². The van der Waals surface area contributed by atoms with Crippen molar-refractivity contribution < 1.29 is 18.7 Å². The Morgan fingerprint density at radius 3 is 2.65 bits per heavy atom. The van der Waals surface area contributed by atoms with Crippen molar-refractivity contribution in [3.8, 4) is 11.4 Å². The lowest BCUT2D eigenvalue weighted by Crippen LogP contribution is -2.41. The molecule has 0 radical (unpaired) electrons. The zero-order chi connectivity index (χ0) is 16.2. The number of morpholine rings is 1. The fourth-order valence-electron chi connectivity index (χ4n) is 2.41. The highest BCUT2D eigenvalue weighted by Gasteiger charge is 2.25. The van der Waals surface area contributed by atoms with Gasteiger partial charge in [0.1, 0.15) is 5.82 Å². The van der Waals surface area contributed by atoms with E-state index in [1.165, 1.54) is 16.8 Å². The molecular formula is C16H18FN3O3. The second kappa shape index (κ2) is 6.78. The Morgan fingerprint density at radius 1 is 1.30 bits per heavy atom. The third-order valence-corrected chi connectivity index (χ3v) is 3.57. The van der Waals surface area contributed by atoms with E-state index in [4.69, 9.17) is 9.47 Å². The Balaban J connectivity index is 1.91. The molecule has 0 atom stereocenters. The van der Waals surface area contributed by atoms with Crippen LogP contribution in [0, 0.1) is 5.82 Å². The molecule has 0 aliphatic carbocycles. The summed E-state index contributed by atoms with van der Waals surface area (Å²) in [5, 5.41) is 4.34. The van der Waals surface area contributed by atoms with E-state index in [-0.39, 0.29) is 17.4 Å². The Labute approximate surface area is 133 Å². The summed E-state index contributed by atoms with van der Waals surface area (Å²) >= 11 is 0. The predicted octanol–water partition coefficient (Wildman–Crippen LogP) is 1.88. The van der Waals surface area contributed by atoms with E-state index >= 15 is 0 Å². The maximum atomic E-state index is 13.1. The van der Waals surface area contributed by atoms with Gasteiger partial charge in [0.2, 0.25) is 0 Å². The topological polar surface area (TPSA) is 56.6 Å². The van der Waals surface area contributed by atoms with Gasteiger partial charge in [0, 0.05) is 13.1 Å². The summed E-state index contributed by atoms with van der Waals surface area (Å²) in [6.45, 7) is 4.39. The standard InChI is InChI=1S/C16H18FN3O3/c1-2-23-14-11-20(13-5-3-12(17)4-6-13)18-15(14)16(21)19-7-9-22-10-8-19/h3-6,11H,2,7-10H2,1H3. The third-order valence-electron chi connectivity index (χ3n) is 3.57. The van der Waals surface area contributed by atoms with Crippen molar-refractivity contribution in [2.24, 2.45) is 0 Å². The Bertz CT molecular complexity index is 678. The highest BCUT2D eigenvalue weighted by molar-refractivity contribution is 5.95. The van der Waals surface area contributed by atoms with Crippen molar-refractivity contribution in [2.45, 2.75) is 6.92 Å². The smallest absolute Gasteiger partial charge is 0.278 e. The van der Waals surface area contributed by atoms with Crippen LogP contribution in [0.2, 0.25) is 0 Å². The number of ether oxygens (including phenoxy) is 2. The van der Waals surface area contributed by atoms with Crippen molar-refractivity contribution in [2.75, 3.05) is 32.9 Å². The molecule has 0 saturated carbocycles. The van der Waals surface area contributed by atoms with Gasteiger partial charge in [-0.2, -0.15) is 5.10 Å². The van der Waals surface area contributed by atoms with Crippen molar-refractivity contribution in [3.05, 3.63) is 42.0 Å². The lowest BCUT2D eigenvalue weighted by atomic mass is 10.3. The van der Waals surface area contributed by atoms with E-state index in [9.17, 15) is 9.18 Å². The maximum absolute atomic E-state index is 13.1. The molecule has 23 heavy (non-hydrogen) atoms. The fourth-order valence-corrected chi connectivity index (χ4v) is 2.41. The first kappa shape index (κ1) is 15.5. The number of hydrogen-bond donors (Lipinski definition) is 0. The number of carbonyl (C=O) groups is 1. The number of carbonyl (C=O) groups excluding carboxylic acids is 1. The molecule has 7 heteroatoms. The Morgan fingerprint density at radius 2 is 2.00 bits per heavy atom. The van der Waals surface area contributed by atoms with Crippen molar-refractivity contribution in [1.82, 2.24) is 14.7 Å². The van der Waals surface area contributed by atoms with Crippen LogP contribution in [0.25, 0.3) is 5.69 Å². The molecule has 6 nitrogen and oxygen atoms in total. The molecule has 1 aromatic heterocycles. The van der Waals surface area contributed by atoms with Crippen LogP contribution in [0.15, 0.2) is 30.5 Å². The summed E-state index contributed by atoms with van der Waals surface area (Å²) in [6.07, 6.45) is 1.64. The van der Waals surface area contributed by atoms with Crippen LogP contribution < -0.4 is 4.74 Å². The van der Waals surface area contributed by atoms with Gasteiger partial charge in [-0.3, -0.25) is 4.79 Å². The van der Waals surface area contributed by atoms with E-state index in [0.29, 0.717) is 44.3 Å². The summed E-state index contributed by atoms with van der Waals surface area (Å²) < 4.78 is 25.4. The highest BCUT2D eigenvalue weighted by Crippen LogP contribution is 2.22. The van der Waals surface area contributed by atoms with Crippen LogP contribution in [0.4, 0.5) is 4.39 Å². The van der Waals surface area contributed by atoms with Crippen LogP contribution in [0.1, 0.15) is 17.4 Å². The molecule has 1 fully saturated rings. The fraction of sp³-hybridized carbons (Fsp3) is 0.375. The van der Waals surface area contributed by atoms with Gasteiger partial charge in [-0.15, -0.1) is 0 Å². The van der Waals surface area contributed by atoms with Crippen LogP contribution in [-0.2, 0) is 4.74 Å². The van der Waals surface area contributed by atoms with Crippen LogP contribution in [-0.4, -0.2) is 53.5 Å². The second-order valence-electron chi connectivity index (χ2n) is 5.10.